The lowest BCUT2D eigenvalue weighted by Crippen LogP contribution is -2.30. The van der Waals surface area contributed by atoms with E-state index in [1.165, 1.54) is 5.56 Å². The van der Waals surface area contributed by atoms with Crippen molar-refractivity contribution in [2.45, 2.75) is 40.2 Å². The van der Waals surface area contributed by atoms with Crippen LogP contribution in [0.2, 0.25) is 0 Å². The molecule has 1 aliphatic rings. The van der Waals surface area contributed by atoms with Crippen molar-refractivity contribution in [3.8, 4) is 0 Å². The number of aryl methyl sites for hydroxylation is 2. The van der Waals surface area contributed by atoms with E-state index >= 15 is 0 Å². The zero-order chi connectivity index (χ0) is 18.0. The van der Waals surface area contributed by atoms with Gasteiger partial charge in [-0.25, -0.2) is 0 Å². The van der Waals surface area contributed by atoms with Gasteiger partial charge in [-0.1, -0.05) is 54.1 Å². The first-order chi connectivity index (χ1) is 11.9. The summed E-state index contributed by atoms with van der Waals surface area (Å²) < 4.78 is 25.0. The van der Waals surface area contributed by atoms with Gasteiger partial charge in [-0.05, 0) is 49.9 Å². The van der Waals surface area contributed by atoms with E-state index in [1.807, 2.05) is 32.9 Å². The standard InChI is InChI=1S/C21H25O3P/c1-5-23-25(22)21-17(4)16(3)8-12-19(21)14-20(24-25)13-11-18-9-6-15(2)7-10-18/h6-13,20H,5,14H2,1-4H3/b13-11+. The first-order valence-corrected chi connectivity index (χ1v) is 10.2. The molecule has 2 aromatic carbocycles. The van der Waals surface area contributed by atoms with Crippen LogP contribution < -0.4 is 5.30 Å². The van der Waals surface area contributed by atoms with E-state index in [2.05, 4.69) is 43.3 Å². The van der Waals surface area contributed by atoms with Gasteiger partial charge < -0.3 is 4.52 Å². The van der Waals surface area contributed by atoms with Gasteiger partial charge in [-0.15, -0.1) is 0 Å². The van der Waals surface area contributed by atoms with Crippen LogP contribution in [0.15, 0.2) is 42.5 Å². The summed E-state index contributed by atoms with van der Waals surface area (Å²) in [5.41, 5.74) is 5.51. The van der Waals surface area contributed by atoms with Crippen molar-refractivity contribution in [3.63, 3.8) is 0 Å². The van der Waals surface area contributed by atoms with E-state index in [9.17, 15) is 4.57 Å². The van der Waals surface area contributed by atoms with Crippen LogP contribution in [0.25, 0.3) is 6.08 Å². The summed E-state index contributed by atoms with van der Waals surface area (Å²) in [5, 5.41) is 0.759. The first kappa shape index (κ1) is 18.1. The number of fused-ring (bicyclic) bond motifs is 1. The molecule has 0 fully saturated rings. The molecule has 25 heavy (non-hydrogen) atoms. The fraction of sp³-hybridized carbons (Fsp3) is 0.333. The third kappa shape index (κ3) is 3.79. The molecule has 3 nitrogen and oxygen atoms in total. The summed E-state index contributed by atoms with van der Waals surface area (Å²) in [4.78, 5) is 0. The fourth-order valence-electron chi connectivity index (χ4n) is 3.15. The summed E-state index contributed by atoms with van der Waals surface area (Å²) >= 11 is 0. The smallest absolute Gasteiger partial charge is 0.305 e. The molecule has 0 radical (unpaired) electrons. The molecule has 4 heteroatoms. The van der Waals surface area contributed by atoms with Gasteiger partial charge in [0.1, 0.15) is 0 Å². The number of hydrogen-bond donors (Lipinski definition) is 0. The van der Waals surface area contributed by atoms with Gasteiger partial charge in [0.2, 0.25) is 0 Å². The van der Waals surface area contributed by atoms with Crippen molar-refractivity contribution in [1.29, 1.82) is 0 Å². The van der Waals surface area contributed by atoms with Gasteiger partial charge in [-0.2, -0.15) is 0 Å². The predicted octanol–water partition coefficient (Wildman–Crippen LogP) is 5.12. The molecule has 2 aromatic rings. The van der Waals surface area contributed by atoms with E-state index in [0.29, 0.717) is 13.0 Å². The van der Waals surface area contributed by atoms with Crippen molar-refractivity contribution in [2.24, 2.45) is 0 Å². The normalized spacial score (nSPS) is 23.0. The molecule has 132 valence electrons. The van der Waals surface area contributed by atoms with E-state index in [-0.39, 0.29) is 6.10 Å². The molecular weight excluding hydrogens is 331 g/mol. The molecule has 0 bridgehead atoms. The van der Waals surface area contributed by atoms with E-state index in [4.69, 9.17) is 9.05 Å². The van der Waals surface area contributed by atoms with Crippen molar-refractivity contribution in [2.75, 3.05) is 6.61 Å². The predicted molar refractivity (Wildman–Crippen MR) is 104 cm³/mol. The molecule has 0 amide bonds. The van der Waals surface area contributed by atoms with Gasteiger partial charge >= 0.3 is 7.60 Å². The Kier molecular flexibility index (Phi) is 5.29. The average Bonchev–Trinajstić information content (AvgIpc) is 2.57. The highest BCUT2D eigenvalue weighted by Crippen LogP contribution is 2.53. The van der Waals surface area contributed by atoms with Crippen molar-refractivity contribution in [3.05, 3.63) is 70.3 Å². The molecule has 2 unspecified atom stereocenters. The second-order valence-electron chi connectivity index (χ2n) is 6.55. The van der Waals surface area contributed by atoms with Crippen LogP contribution in [0.3, 0.4) is 0 Å². The topological polar surface area (TPSA) is 35.5 Å². The molecule has 1 heterocycles. The Labute approximate surface area is 150 Å². The summed E-state index contributed by atoms with van der Waals surface area (Å²) in [6.07, 6.45) is 4.45. The Morgan fingerprint density at radius 3 is 2.56 bits per heavy atom. The summed E-state index contributed by atoms with van der Waals surface area (Å²) in [6.45, 7) is 8.29. The third-order valence-electron chi connectivity index (χ3n) is 4.63. The van der Waals surface area contributed by atoms with Crippen LogP contribution in [0, 0.1) is 20.8 Å². The van der Waals surface area contributed by atoms with Crippen molar-refractivity contribution in [1.82, 2.24) is 0 Å². The van der Waals surface area contributed by atoms with Gasteiger partial charge in [0, 0.05) is 6.42 Å². The van der Waals surface area contributed by atoms with E-state index < -0.39 is 7.60 Å². The highest BCUT2D eigenvalue weighted by Gasteiger charge is 2.39. The minimum atomic E-state index is -3.30. The Balaban J connectivity index is 1.93. The van der Waals surface area contributed by atoms with E-state index in [0.717, 1.165) is 27.6 Å². The SMILES string of the molecule is CCOP1(=O)OC(/C=C/c2ccc(C)cc2)Cc2ccc(C)c(C)c21. The van der Waals surface area contributed by atoms with Crippen LogP contribution >= 0.6 is 7.60 Å². The van der Waals surface area contributed by atoms with E-state index in [1.54, 1.807) is 0 Å². The quantitative estimate of drug-likeness (QED) is 0.713. The lowest BCUT2D eigenvalue weighted by molar-refractivity contribution is 0.180. The Morgan fingerprint density at radius 2 is 1.88 bits per heavy atom. The molecule has 3 rings (SSSR count). The van der Waals surface area contributed by atoms with Crippen LogP contribution in [0.1, 0.15) is 34.7 Å². The summed E-state index contributed by atoms with van der Waals surface area (Å²) in [5.74, 6) is 0. The Hall–Kier alpha value is -1.67. The Bertz CT molecular complexity index is 837. The average molecular weight is 356 g/mol. The maximum absolute atomic E-state index is 13.4. The lowest BCUT2D eigenvalue weighted by atomic mass is 10.0. The van der Waals surface area contributed by atoms with Crippen LogP contribution in [-0.4, -0.2) is 12.7 Å². The van der Waals surface area contributed by atoms with Crippen molar-refractivity contribution < 1.29 is 13.6 Å². The molecule has 0 N–H and O–H groups in total. The van der Waals surface area contributed by atoms with Crippen LogP contribution in [-0.2, 0) is 20.0 Å². The molecule has 0 saturated heterocycles. The molecule has 1 aliphatic heterocycles. The minimum absolute atomic E-state index is 0.256. The number of hydrogen-bond acceptors (Lipinski definition) is 3. The second kappa shape index (κ2) is 7.29. The zero-order valence-electron chi connectivity index (χ0n) is 15.3. The first-order valence-electron chi connectivity index (χ1n) is 8.70. The zero-order valence-corrected chi connectivity index (χ0v) is 16.2. The maximum atomic E-state index is 13.4. The number of rotatable bonds is 4. The van der Waals surface area contributed by atoms with Crippen LogP contribution in [0.4, 0.5) is 0 Å². The minimum Gasteiger partial charge on any atom is -0.305 e. The fourth-order valence-corrected chi connectivity index (χ4v) is 5.39. The molecule has 0 spiro atoms. The second-order valence-corrected chi connectivity index (χ2v) is 8.46. The maximum Gasteiger partial charge on any atom is 0.362 e. The van der Waals surface area contributed by atoms with Gasteiger partial charge in [-0.3, -0.25) is 9.09 Å². The third-order valence-corrected chi connectivity index (χ3v) is 6.95. The number of benzene rings is 2. The summed E-state index contributed by atoms with van der Waals surface area (Å²) in [6, 6.07) is 12.4. The van der Waals surface area contributed by atoms with Crippen molar-refractivity contribution >= 4 is 19.0 Å². The van der Waals surface area contributed by atoms with Gasteiger partial charge in [0.25, 0.3) is 0 Å². The molecule has 2 atom stereocenters. The van der Waals surface area contributed by atoms with Crippen LogP contribution in [0.5, 0.6) is 0 Å². The highest BCUT2D eigenvalue weighted by molar-refractivity contribution is 7.62. The Morgan fingerprint density at radius 1 is 1.16 bits per heavy atom. The monoisotopic (exact) mass is 356 g/mol. The molecule has 0 aliphatic carbocycles. The summed E-state index contributed by atoms with van der Waals surface area (Å²) in [7, 11) is -3.30. The molecule has 0 aromatic heterocycles. The largest absolute Gasteiger partial charge is 0.362 e. The highest BCUT2D eigenvalue weighted by atomic mass is 31.2. The van der Waals surface area contributed by atoms with Gasteiger partial charge in [0.05, 0.1) is 18.0 Å². The lowest BCUT2D eigenvalue weighted by Gasteiger charge is -2.31. The molecular formula is C21H25O3P. The van der Waals surface area contributed by atoms with Gasteiger partial charge in [0.15, 0.2) is 0 Å². The molecule has 0 saturated carbocycles.